The van der Waals surface area contributed by atoms with Crippen molar-refractivity contribution < 1.29 is 23.7 Å². The third-order valence-corrected chi connectivity index (χ3v) is 3.84. The predicted molar refractivity (Wildman–Crippen MR) is 99.3 cm³/mol. The second-order valence-electron chi connectivity index (χ2n) is 6.38. The van der Waals surface area contributed by atoms with E-state index >= 15 is 0 Å². The lowest BCUT2D eigenvalue weighted by molar-refractivity contribution is 0.104. The quantitative estimate of drug-likeness (QED) is 0.546. The molecule has 0 saturated carbocycles. The number of allylic oxidation sites excluding steroid dienone is 1. The second kappa shape index (κ2) is 7.95. The first kappa shape index (κ1) is 17.9. The maximum absolute atomic E-state index is 12.4. The summed E-state index contributed by atoms with van der Waals surface area (Å²) in [5.74, 6) is 2.89. The van der Waals surface area contributed by atoms with Gasteiger partial charge in [0, 0.05) is 5.56 Å². The van der Waals surface area contributed by atoms with Crippen LogP contribution in [-0.2, 0) is 0 Å². The lowest BCUT2D eigenvalue weighted by atomic mass is 10.1. The van der Waals surface area contributed by atoms with Crippen LogP contribution in [0.25, 0.3) is 6.08 Å². The SMILES string of the molecule is COc1ccc(C=CC(=O)c2ccc3c(c2)OCO3)cc1OCC(C)C. The highest BCUT2D eigenvalue weighted by Crippen LogP contribution is 2.33. The largest absolute Gasteiger partial charge is 0.493 e. The number of benzene rings is 2. The molecular weight excluding hydrogens is 332 g/mol. The number of hydrogen-bond donors (Lipinski definition) is 0. The summed E-state index contributed by atoms with van der Waals surface area (Å²) in [5.41, 5.74) is 1.41. The lowest BCUT2D eigenvalue weighted by Crippen LogP contribution is -2.05. The van der Waals surface area contributed by atoms with Crippen molar-refractivity contribution in [3.8, 4) is 23.0 Å². The molecule has 0 N–H and O–H groups in total. The summed E-state index contributed by atoms with van der Waals surface area (Å²) in [7, 11) is 1.61. The van der Waals surface area contributed by atoms with Crippen LogP contribution in [0.5, 0.6) is 23.0 Å². The highest BCUT2D eigenvalue weighted by atomic mass is 16.7. The molecule has 0 bridgehead atoms. The number of fused-ring (bicyclic) bond motifs is 1. The summed E-state index contributed by atoms with van der Waals surface area (Å²) in [6.45, 7) is 4.95. The fraction of sp³-hybridized carbons (Fsp3) is 0.286. The fourth-order valence-electron chi connectivity index (χ4n) is 2.48. The Bertz CT molecular complexity index is 823. The van der Waals surface area contributed by atoms with Crippen LogP contribution in [0.15, 0.2) is 42.5 Å². The monoisotopic (exact) mass is 354 g/mol. The number of methoxy groups -OCH3 is 1. The van der Waals surface area contributed by atoms with Crippen LogP contribution in [0.2, 0.25) is 0 Å². The van der Waals surface area contributed by atoms with E-state index in [0.717, 1.165) is 5.56 Å². The summed E-state index contributed by atoms with van der Waals surface area (Å²) >= 11 is 0. The predicted octanol–water partition coefficient (Wildman–Crippen LogP) is 4.35. The van der Waals surface area contributed by atoms with E-state index in [4.69, 9.17) is 18.9 Å². The van der Waals surface area contributed by atoms with Crippen LogP contribution >= 0.6 is 0 Å². The standard InChI is InChI=1S/C21H22O5/c1-14(2)12-24-20-10-15(5-8-18(20)23-3)4-7-17(22)16-6-9-19-21(11-16)26-13-25-19/h4-11,14H,12-13H2,1-3H3. The Morgan fingerprint density at radius 2 is 1.92 bits per heavy atom. The number of ketones is 1. The Labute approximate surface area is 153 Å². The third-order valence-electron chi connectivity index (χ3n) is 3.84. The molecule has 1 aliphatic heterocycles. The summed E-state index contributed by atoms with van der Waals surface area (Å²) in [5, 5.41) is 0. The van der Waals surface area contributed by atoms with Crippen molar-refractivity contribution in [3.05, 3.63) is 53.6 Å². The van der Waals surface area contributed by atoms with Crippen molar-refractivity contribution in [2.75, 3.05) is 20.5 Å². The van der Waals surface area contributed by atoms with Gasteiger partial charge in [-0.1, -0.05) is 26.0 Å². The van der Waals surface area contributed by atoms with Crippen LogP contribution in [0.4, 0.5) is 0 Å². The van der Waals surface area contributed by atoms with Crippen molar-refractivity contribution in [3.63, 3.8) is 0 Å². The molecule has 0 atom stereocenters. The number of carbonyl (C=O) groups excluding carboxylic acids is 1. The molecule has 1 heterocycles. The number of hydrogen-bond acceptors (Lipinski definition) is 5. The van der Waals surface area contributed by atoms with Gasteiger partial charge in [-0.2, -0.15) is 0 Å². The first-order valence-electron chi connectivity index (χ1n) is 8.49. The summed E-state index contributed by atoms with van der Waals surface area (Å²) < 4.78 is 21.7. The van der Waals surface area contributed by atoms with Crippen molar-refractivity contribution in [1.82, 2.24) is 0 Å². The maximum Gasteiger partial charge on any atom is 0.231 e. The molecule has 0 unspecified atom stereocenters. The van der Waals surface area contributed by atoms with Gasteiger partial charge in [0.1, 0.15) is 0 Å². The normalized spacial score (nSPS) is 12.6. The minimum atomic E-state index is -0.108. The van der Waals surface area contributed by atoms with Crippen LogP contribution in [0.3, 0.4) is 0 Å². The molecular formula is C21H22O5. The second-order valence-corrected chi connectivity index (χ2v) is 6.38. The van der Waals surface area contributed by atoms with Crippen LogP contribution < -0.4 is 18.9 Å². The van der Waals surface area contributed by atoms with Crippen molar-refractivity contribution in [1.29, 1.82) is 0 Å². The molecule has 0 aliphatic carbocycles. The minimum Gasteiger partial charge on any atom is -0.493 e. The van der Waals surface area contributed by atoms with E-state index in [1.807, 2.05) is 18.2 Å². The van der Waals surface area contributed by atoms with Crippen molar-refractivity contribution in [2.24, 2.45) is 5.92 Å². The van der Waals surface area contributed by atoms with E-state index < -0.39 is 0 Å². The Morgan fingerprint density at radius 1 is 1.12 bits per heavy atom. The van der Waals surface area contributed by atoms with Gasteiger partial charge < -0.3 is 18.9 Å². The Balaban J connectivity index is 1.75. The van der Waals surface area contributed by atoms with E-state index in [-0.39, 0.29) is 12.6 Å². The van der Waals surface area contributed by atoms with Gasteiger partial charge in [-0.3, -0.25) is 4.79 Å². The Morgan fingerprint density at radius 3 is 2.69 bits per heavy atom. The van der Waals surface area contributed by atoms with Crippen LogP contribution in [0, 0.1) is 5.92 Å². The smallest absolute Gasteiger partial charge is 0.231 e. The van der Waals surface area contributed by atoms with E-state index in [0.29, 0.717) is 41.1 Å². The van der Waals surface area contributed by atoms with E-state index in [1.165, 1.54) is 6.08 Å². The molecule has 1 aliphatic rings. The number of ether oxygens (including phenoxy) is 4. The molecule has 2 aromatic carbocycles. The maximum atomic E-state index is 12.4. The van der Waals surface area contributed by atoms with E-state index in [2.05, 4.69) is 13.8 Å². The molecule has 136 valence electrons. The van der Waals surface area contributed by atoms with Gasteiger partial charge in [0.25, 0.3) is 0 Å². The Hall–Kier alpha value is -2.95. The van der Waals surface area contributed by atoms with Gasteiger partial charge in [0.15, 0.2) is 28.8 Å². The zero-order valence-electron chi connectivity index (χ0n) is 15.2. The molecule has 0 aromatic heterocycles. The number of carbonyl (C=O) groups is 1. The van der Waals surface area contributed by atoms with Crippen molar-refractivity contribution in [2.45, 2.75) is 13.8 Å². The van der Waals surface area contributed by atoms with Crippen LogP contribution in [-0.4, -0.2) is 26.3 Å². The first-order valence-corrected chi connectivity index (χ1v) is 8.49. The zero-order chi connectivity index (χ0) is 18.5. The van der Waals surface area contributed by atoms with Gasteiger partial charge in [-0.05, 0) is 47.9 Å². The van der Waals surface area contributed by atoms with Crippen molar-refractivity contribution >= 4 is 11.9 Å². The van der Waals surface area contributed by atoms with Gasteiger partial charge >= 0.3 is 0 Å². The van der Waals surface area contributed by atoms with E-state index in [1.54, 1.807) is 31.4 Å². The molecule has 0 radical (unpaired) electrons. The first-order chi connectivity index (χ1) is 12.6. The fourth-order valence-corrected chi connectivity index (χ4v) is 2.48. The molecule has 5 heteroatoms. The summed E-state index contributed by atoms with van der Waals surface area (Å²) in [6.07, 6.45) is 3.29. The minimum absolute atomic E-state index is 0.108. The van der Waals surface area contributed by atoms with Gasteiger partial charge in [0.2, 0.25) is 6.79 Å². The summed E-state index contributed by atoms with van der Waals surface area (Å²) in [6, 6.07) is 10.7. The average Bonchev–Trinajstić information content (AvgIpc) is 3.12. The Kier molecular flexibility index (Phi) is 5.46. The van der Waals surface area contributed by atoms with Crippen LogP contribution in [0.1, 0.15) is 29.8 Å². The zero-order valence-corrected chi connectivity index (χ0v) is 15.2. The topological polar surface area (TPSA) is 54.0 Å². The third kappa shape index (κ3) is 4.17. The molecule has 0 amide bonds. The van der Waals surface area contributed by atoms with Gasteiger partial charge in [-0.15, -0.1) is 0 Å². The molecule has 5 nitrogen and oxygen atoms in total. The molecule has 3 rings (SSSR count). The van der Waals surface area contributed by atoms with Gasteiger partial charge in [-0.25, -0.2) is 0 Å². The van der Waals surface area contributed by atoms with E-state index in [9.17, 15) is 4.79 Å². The molecule has 0 fully saturated rings. The lowest BCUT2D eigenvalue weighted by Gasteiger charge is -2.13. The highest BCUT2D eigenvalue weighted by molar-refractivity contribution is 6.07. The molecule has 2 aromatic rings. The average molecular weight is 354 g/mol. The number of rotatable bonds is 7. The molecule has 26 heavy (non-hydrogen) atoms. The highest BCUT2D eigenvalue weighted by Gasteiger charge is 2.15. The molecule has 0 saturated heterocycles. The summed E-state index contributed by atoms with van der Waals surface area (Å²) in [4.78, 5) is 12.4. The van der Waals surface area contributed by atoms with Gasteiger partial charge in [0.05, 0.1) is 13.7 Å². The molecule has 0 spiro atoms.